The highest BCUT2D eigenvalue weighted by atomic mass is 16.1. The summed E-state index contributed by atoms with van der Waals surface area (Å²) in [7, 11) is 1.80. The minimum atomic E-state index is -0.0190. The average Bonchev–Trinajstić information content (AvgIpc) is 2.61. The molecule has 0 spiro atoms. The maximum Gasteiger partial charge on any atom is 0.258 e. The van der Waals surface area contributed by atoms with E-state index in [-0.39, 0.29) is 5.56 Å². The summed E-state index contributed by atoms with van der Waals surface area (Å²) in [6, 6.07) is 9.52. The third-order valence-electron chi connectivity index (χ3n) is 4.08. The lowest BCUT2D eigenvalue weighted by Crippen LogP contribution is -2.19. The van der Waals surface area contributed by atoms with Crippen molar-refractivity contribution in [2.45, 2.75) is 34.1 Å². The van der Waals surface area contributed by atoms with Crippen LogP contribution in [0.25, 0.3) is 22.0 Å². The monoisotopic (exact) mass is 323 g/mol. The SMILES string of the molecule is CC.CCc1cc2c(cn1)cc(-c1cc(N)ccc1C)c(=O)n2C. The molecule has 2 aromatic heterocycles. The summed E-state index contributed by atoms with van der Waals surface area (Å²) in [5, 5.41) is 0.955. The van der Waals surface area contributed by atoms with Crippen molar-refractivity contribution in [1.29, 1.82) is 0 Å². The van der Waals surface area contributed by atoms with E-state index in [0.717, 1.165) is 34.1 Å². The number of nitrogens with two attached hydrogens (primary N) is 1. The number of aromatic nitrogens is 2. The van der Waals surface area contributed by atoms with Crippen molar-refractivity contribution in [1.82, 2.24) is 9.55 Å². The molecule has 0 fully saturated rings. The molecular formula is C20H25N3O. The Hall–Kier alpha value is -2.62. The molecule has 2 heterocycles. The summed E-state index contributed by atoms with van der Waals surface area (Å²) >= 11 is 0. The van der Waals surface area contributed by atoms with Gasteiger partial charge in [0.15, 0.2) is 0 Å². The van der Waals surface area contributed by atoms with Gasteiger partial charge in [0.05, 0.1) is 5.52 Å². The molecule has 0 bridgehead atoms. The molecule has 24 heavy (non-hydrogen) atoms. The van der Waals surface area contributed by atoms with Crippen LogP contribution in [0, 0.1) is 6.92 Å². The van der Waals surface area contributed by atoms with Gasteiger partial charge in [-0.3, -0.25) is 9.78 Å². The number of nitrogen functional groups attached to an aromatic ring is 1. The Morgan fingerprint density at radius 1 is 1.12 bits per heavy atom. The topological polar surface area (TPSA) is 60.9 Å². The molecule has 3 rings (SSSR count). The minimum absolute atomic E-state index is 0.0190. The van der Waals surface area contributed by atoms with Gasteiger partial charge < -0.3 is 10.3 Å². The molecule has 126 valence electrons. The Morgan fingerprint density at radius 3 is 2.50 bits per heavy atom. The van der Waals surface area contributed by atoms with Crippen LogP contribution in [0.2, 0.25) is 0 Å². The summed E-state index contributed by atoms with van der Waals surface area (Å²) in [4.78, 5) is 17.2. The first-order valence-electron chi connectivity index (χ1n) is 8.36. The predicted molar refractivity (Wildman–Crippen MR) is 102 cm³/mol. The number of pyridine rings is 2. The third kappa shape index (κ3) is 3.18. The van der Waals surface area contributed by atoms with Crippen LogP contribution >= 0.6 is 0 Å². The van der Waals surface area contributed by atoms with Crippen molar-refractivity contribution < 1.29 is 0 Å². The molecule has 1 aromatic carbocycles. The molecule has 0 amide bonds. The zero-order valence-electron chi connectivity index (χ0n) is 15.1. The summed E-state index contributed by atoms with van der Waals surface area (Å²) < 4.78 is 1.69. The Morgan fingerprint density at radius 2 is 1.83 bits per heavy atom. The van der Waals surface area contributed by atoms with Gasteiger partial charge in [-0.25, -0.2) is 0 Å². The Bertz CT molecular complexity index is 926. The van der Waals surface area contributed by atoms with Crippen molar-refractivity contribution in [3.05, 3.63) is 58.1 Å². The molecule has 0 atom stereocenters. The highest BCUT2D eigenvalue weighted by molar-refractivity contribution is 5.84. The standard InChI is InChI=1S/C18H19N3O.C2H6/c1-4-14-9-17-12(10-20-14)7-16(18(22)21(17)3)15-8-13(19)6-5-11(15)2;1-2/h5-10H,4,19H2,1-3H3;1-2H3. The average molecular weight is 323 g/mol. The molecule has 2 N–H and O–H groups in total. The summed E-state index contributed by atoms with van der Waals surface area (Å²) in [5.74, 6) is 0. The predicted octanol–water partition coefficient (Wildman–Crippen LogP) is 4.08. The maximum absolute atomic E-state index is 12.7. The van der Waals surface area contributed by atoms with Gasteiger partial charge in [0.2, 0.25) is 0 Å². The van der Waals surface area contributed by atoms with E-state index in [1.807, 2.05) is 57.3 Å². The van der Waals surface area contributed by atoms with Crippen LogP contribution in [-0.2, 0) is 13.5 Å². The summed E-state index contributed by atoms with van der Waals surface area (Å²) in [5.41, 5.74) is 11.0. The number of benzene rings is 1. The van der Waals surface area contributed by atoms with Gasteiger partial charge in [-0.1, -0.05) is 26.8 Å². The lowest BCUT2D eigenvalue weighted by Gasteiger charge is -2.12. The van der Waals surface area contributed by atoms with Crippen molar-refractivity contribution in [3.63, 3.8) is 0 Å². The van der Waals surface area contributed by atoms with Crippen LogP contribution in [0.5, 0.6) is 0 Å². The van der Waals surface area contributed by atoms with Crippen molar-refractivity contribution in [2.24, 2.45) is 7.05 Å². The Labute approximate surface area is 143 Å². The first-order chi connectivity index (χ1) is 11.5. The number of rotatable bonds is 2. The van der Waals surface area contributed by atoms with E-state index in [1.54, 1.807) is 11.6 Å². The Balaban J connectivity index is 0.00000100. The van der Waals surface area contributed by atoms with Gasteiger partial charge in [-0.05, 0) is 48.7 Å². The second-order valence-corrected chi connectivity index (χ2v) is 5.58. The smallest absolute Gasteiger partial charge is 0.258 e. The molecule has 0 radical (unpaired) electrons. The highest BCUT2D eigenvalue weighted by Crippen LogP contribution is 2.25. The quantitative estimate of drug-likeness (QED) is 0.723. The van der Waals surface area contributed by atoms with Crippen LogP contribution in [0.1, 0.15) is 32.0 Å². The van der Waals surface area contributed by atoms with E-state index >= 15 is 0 Å². The van der Waals surface area contributed by atoms with Crippen molar-refractivity contribution in [2.75, 3.05) is 5.73 Å². The molecule has 0 aliphatic rings. The van der Waals surface area contributed by atoms with E-state index < -0.39 is 0 Å². The van der Waals surface area contributed by atoms with Gasteiger partial charge in [-0.15, -0.1) is 0 Å². The van der Waals surface area contributed by atoms with Crippen LogP contribution in [-0.4, -0.2) is 9.55 Å². The number of hydrogen-bond donors (Lipinski definition) is 1. The molecule has 0 saturated heterocycles. The minimum Gasteiger partial charge on any atom is -0.399 e. The summed E-state index contributed by atoms with van der Waals surface area (Å²) in [6.07, 6.45) is 2.68. The van der Waals surface area contributed by atoms with Crippen molar-refractivity contribution in [3.8, 4) is 11.1 Å². The van der Waals surface area contributed by atoms with Gasteiger partial charge in [0.1, 0.15) is 0 Å². The number of hydrogen-bond acceptors (Lipinski definition) is 3. The van der Waals surface area contributed by atoms with E-state index in [1.165, 1.54) is 0 Å². The van der Waals surface area contributed by atoms with E-state index in [9.17, 15) is 4.79 Å². The molecule has 0 aliphatic carbocycles. The fraction of sp³-hybridized carbons (Fsp3) is 0.300. The number of aryl methyl sites for hydroxylation is 3. The Kier molecular flexibility index (Phi) is 5.39. The molecule has 3 aromatic rings. The second kappa shape index (κ2) is 7.30. The molecule has 0 saturated carbocycles. The van der Waals surface area contributed by atoms with Crippen LogP contribution in [0.4, 0.5) is 5.69 Å². The number of fused-ring (bicyclic) bond motifs is 1. The van der Waals surface area contributed by atoms with Gasteiger partial charge in [0, 0.05) is 35.6 Å². The highest BCUT2D eigenvalue weighted by Gasteiger charge is 2.12. The van der Waals surface area contributed by atoms with Crippen molar-refractivity contribution >= 4 is 16.6 Å². The van der Waals surface area contributed by atoms with Crippen LogP contribution in [0.15, 0.2) is 41.3 Å². The van der Waals surface area contributed by atoms with Crippen LogP contribution < -0.4 is 11.3 Å². The molecule has 0 unspecified atom stereocenters. The second-order valence-electron chi connectivity index (χ2n) is 5.58. The molecule has 4 heteroatoms. The molecule has 4 nitrogen and oxygen atoms in total. The van der Waals surface area contributed by atoms with E-state index in [0.29, 0.717) is 11.3 Å². The number of anilines is 1. The normalized spacial score (nSPS) is 10.4. The maximum atomic E-state index is 12.7. The van der Waals surface area contributed by atoms with Crippen LogP contribution in [0.3, 0.4) is 0 Å². The largest absolute Gasteiger partial charge is 0.399 e. The van der Waals surface area contributed by atoms with Gasteiger partial charge in [0.25, 0.3) is 5.56 Å². The number of nitrogens with zero attached hydrogens (tertiary/aromatic N) is 2. The lowest BCUT2D eigenvalue weighted by molar-refractivity contribution is 0.902. The first-order valence-corrected chi connectivity index (χ1v) is 8.36. The zero-order valence-corrected chi connectivity index (χ0v) is 15.1. The first kappa shape index (κ1) is 17.7. The zero-order chi connectivity index (χ0) is 17.9. The van der Waals surface area contributed by atoms with Gasteiger partial charge in [-0.2, -0.15) is 0 Å². The lowest BCUT2D eigenvalue weighted by atomic mass is 9.99. The molecule has 0 aliphatic heterocycles. The third-order valence-corrected chi connectivity index (χ3v) is 4.08. The summed E-state index contributed by atoms with van der Waals surface area (Å²) in [6.45, 7) is 8.04. The van der Waals surface area contributed by atoms with Gasteiger partial charge >= 0.3 is 0 Å². The van der Waals surface area contributed by atoms with E-state index in [2.05, 4.69) is 11.9 Å². The molecular weight excluding hydrogens is 298 g/mol. The van der Waals surface area contributed by atoms with E-state index in [4.69, 9.17) is 5.73 Å². The fourth-order valence-electron chi connectivity index (χ4n) is 2.72. The fourth-order valence-corrected chi connectivity index (χ4v) is 2.72.